The van der Waals surface area contributed by atoms with E-state index >= 15 is 0 Å². The minimum atomic E-state index is -4.80. The fourth-order valence-electron chi connectivity index (χ4n) is 1.72. The Morgan fingerprint density at radius 1 is 1.14 bits per heavy atom. The van der Waals surface area contributed by atoms with Crippen molar-refractivity contribution in [2.75, 3.05) is 5.32 Å². The number of alkyl halides is 3. The molecule has 0 radical (unpaired) electrons. The third kappa shape index (κ3) is 3.26. The summed E-state index contributed by atoms with van der Waals surface area (Å²) in [4.78, 5) is 0. The second-order valence-corrected chi connectivity index (χ2v) is 4.50. The Hall–Kier alpha value is -2.26. The molecule has 2 rings (SSSR count). The second kappa shape index (κ2) is 5.62. The van der Waals surface area contributed by atoms with Gasteiger partial charge in [0.1, 0.15) is 11.9 Å². The summed E-state index contributed by atoms with van der Waals surface area (Å²) in [5.74, 6) is -1.36. The van der Waals surface area contributed by atoms with E-state index < -0.39 is 17.6 Å². The summed E-state index contributed by atoms with van der Waals surface area (Å²) in [6.07, 6.45) is -4.80. The van der Waals surface area contributed by atoms with Crippen molar-refractivity contribution in [3.63, 3.8) is 0 Å². The number of nitrogens with zero attached hydrogens (tertiary/aromatic N) is 1. The molecule has 0 bridgehead atoms. The number of rotatable bonds is 2. The van der Waals surface area contributed by atoms with Gasteiger partial charge in [-0.25, -0.2) is 4.39 Å². The predicted octanol–water partition coefficient (Wildman–Crippen LogP) is 5.11. The van der Waals surface area contributed by atoms with Gasteiger partial charge in [-0.2, -0.15) is 18.4 Å². The zero-order chi connectivity index (χ0) is 15.6. The fraction of sp³-hybridized carbons (Fsp3) is 0.0714. The van der Waals surface area contributed by atoms with Crippen molar-refractivity contribution < 1.29 is 17.6 Å². The first-order chi connectivity index (χ1) is 9.82. The molecular weight excluding hydrogens is 308 g/mol. The van der Waals surface area contributed by atoms with Crippen LogP contribution in [-0.2, 0) is 6.18 Å². The Kier molecular flexibility index (Phi) is 4.05. The van der Waals surface area contributed by atoms with Crippen molar-refractivity contribution in [3.8, 4) is 6.07 Å². The van der Waals surface area contributed by atoms with Crippen LogP contribution in [0.4, 0.5) is 28.9 Å². The third-order valence-electron chi connectivity index (χ3n) is 2.68. The van der Waals surface area contributed by atoms with Gasteiger partial charge in [0.15, 0.2) is 0 Å². The lowest BCUT2D eigenvalue weighted by Gasteiger charge is -2.13. The van der Waals surface area contributed by atoms with Crippen molar-refractivity contribution >= 4 is 23.0 Å². The summed E-state index contributed by atoms with van der Waals surface area (Å²) in [5.41, 5.74) is -1.04. The first-order valence-electron chi connectivity index (χ1n) is 5.65. The molecule has 2 aromatic rings. The first kappa shape index (κ1) is 15.1. The van der Waals surface area contributed by atoms with Gasteiger partial charge in [-0.1, -0.05) is 17.7 Å². The van der Waals surface area contributed by atoms with Crippen molar-refractivity contribution in [1.29, 1.82) is 5.26 Å². The third-order valence-corrected chi connectivity index (χ3v) is 2.99. The molecule has 0 amide bonds. The summed E-state index contributed by atoms with van der Waals surface area (Å²) < 4.78 is 51.1. The number of anilines is 2. The standard InChI is InChI=1S/C14H7ClF4N2/c15-11-2-1-3-13(9(11)7-20)21-8-4-5-12(16)10(6-8)14(17,18)19/h1-6,21H. The first-order valence-corrected chi connectivity index (χ1v) is 6.03. The molecule has 0 heterocycles. The number of nitriles is 1. The molecule has 0 fully saturated rings. The van der Waals surface area contributed by atoms with Crippen LogP contribution in [0.1, 0.15) is 11.1 Å². The van der Waals surface area contributed by atoms with Crippen LogP contribution in [0, 0.1) is 17.1 Å². The summed E-state index contributed by atoms with van der Waals surface area (Å²) in [6, 6.07) is 8.85. The van der Waals surface area contributed by atoms with E-state index in [-0.39, 0.29) is 22.0 Å². The smallest absolute Gasteiger partial charge is 0.354 e. The highest BCUT2D eigenvalue weighted by molar-refractivity contribution is 6.32. The van der Waals surface area contributed by atoms with Gasteiger partial charge in [0.05, 0.1) is 21.8 Å². The zero-order valence-corrected chi connectivity index (χ0v) is 11.1. The fourth-order valence-corrected chi connectivity index (χ4v) is 1.93. The average Bonchev–Trinajstić information content (AvgIpc) is 2.40. The largest absolute Gasteiger partial charge is 0.419 e. The van der Waals surface area contributed by atoms with Crippen molar-refractivity contribution in [2.24, 2.45) is 0 Å². The van der Waals surface area contributed by atoms with Crippen LogP contribution < -0.4 is 5.32 Å². The maximum Gasteiger partial charge on any atom is 0.419 e. The number of hydrogen-bond donors (Lipinski definition) is 1. The van der Waals surface area contributed by atoms with E-state index in [4.69, 9.17) is 16.9 Å². The highest BCUT2D eigenvalue weighted by atomic mass is 35.5. The average molecular weight is 315 g/mol. The molecule has 0 aliphatic rings. The molecule has 1 N–H and O–H groups in total. The lowest BCUT2D eigenvalue weighted by Crippen LogP contribution is -2.08. The number of nitrogens with one attached hydrogen (secondary N) is 1. The number of benzene rings is 2. The lowest BCUT2D eigenvalue weighted by molar-refractivity contribution is -0.139. The molecule has 0 aliphatic heterocycles. The van der Waals surface area contributed by atoms with Gasteiger partial charge in [-0.3, -0.25) is 0 Å². The Morgan fingerprint density at radius 3 is 2.48 bits per heavy atom. The monoisotopic (exact) mass is 314 g/mol. The summed E-state index contributed by atoms with van der Waals surface area (Å²) in [5, 5.41) is 11.8. The van der Waals surface area contributed by atoms with E-state index in [1.165, 1.54) is 12.1 Å². The van der Waals surface area contributed by atoms with E-state index in [2.05, 4.69) is 5.32 Å². The van der Waals surface area contributed by atoms with Gasteiger partial charge >= 0.3 is 6.18 Å². The molecule has 108 valence electrons. The van der Waals surface area contributed by atoms with Crippen LogP contribution in [0.2, 0.25) is 5.02 Å². The van der Waals surface area contributed by atoms with Gasteiger partial charge in [0, 0.05) is 5.69 Å². The van der Waals surface area contributed by atoms with E-state index in [0.717, 1.165) is 6.07 Å². The van der Waals surface area contributed by atoms with Gasteiger partial charge in [-0.05, 0) is 30.3 Å². The van der Waals surface area contributed by atoms with Crippen molar-refractivity contribution in [3.05, 3.63) is 58.4 Å². The molecule has 2 aromatic carbocycles. The molecule has 0 atom stereocenters. The molecule has 21 heavy (non-hydrogen) atoms. The van der Waals surface area contributed by atoms with Crippen molar-refractivity contribution in [1.82, 2.24) is 0 Å². The molecule has 0 aromatic heterocycles. The van der Waals surface area contributed by atoms with Crippen LogP contribution in [0.5, 0.6) is 0 Å². The van der Waals surface area contributed by atoms with Gasteiger partial charge < -0.3 is 5.32 Å². The molecule has 0 spiro atoms. The second-order valence-electron chi connectivity index (χ2n) is 4.09. The molecule has 0 saturated heterocycles. The SMILES string of the molecule is N#Cc1c(Cl)cccc1Nc1ccc(F)c(C(F)(F)F)c1. The van der Waals surface area contributed by atoms with Crippen LogP contribution >= 0.6 is 11.6 Å². The Bertz CT molecular complexity index is 720. The number of halogens is 5. The Balaban J connectivity index is 2.42. The molecule has 0 unspecified atom stereocenters. The maximum atomic E-state index is 13.2. The summed E-state index contributed by atoms with van der Waals surface area (Å²) in [6.45, 7) is 0. The van der Waals surface area contributed by atoms with E-state index in [1.54, 1.807) is 6.07 Å². The summed E-state index contributed by atoms with van der Waals surface area (Å²) >= 11 is 5.82. The normalized spacial score (nSPS) is 11.0. The van der Waals surface area contributed by atoms with Crippen LogP contribution in [0.3, 0.4) is 0 Å². The zero-order valence-electron chi connectivity index (χ0n) is 10.3. The number of hydrogen-bond acceptors (Lipinski definition) is 2. The van der Waals surface area contributed by atoms with Crippen LogP contribution in [0.25, 0.3) is 0 Å². The van der Waals surface area contributed by atoms with Gasteiger partial charge in [-0.15, -0.1) is 0 Å². The molecular formula is C14H7ClF4N2. The van der Waals surface area contributed by atoms with Crippen LogP contribution in [0.15, 0.2) is 36.4 Å². The lowest BCUT2D eigenvalue weighted by atomic mass is 10.1. The highest BCUT2D eigenvalue weighted by Crippen LogP contribution is 2.34. The molecule has 7 heteroatoms. The Morgan fingerprint density at radius 2 is 1.86 bits per heavy atom. The molecule has 0 saturated carbocycles. The topological polar surface area (TPSA) is 35.8 Å². The van der Waals surface area contributed by atoms with E-state index in [1.807, 2.05) is 6.07 Å². The van der Waals surface area contributed by atoms with Crippen molar-refractivity contribution in [2.45, 2.75) is 6.18 Å². The highest BCUT2D eigenvalue weighted by Gasteiger charge is 2.34. The quantitative estimate of drug-likeness (QED) is 0.782. The van der Waals surface area contributed by atoms with Gasteiger partial charge in [0.2, 0.25) is 0 Å². The van der Waals surface area contributed by atoms with Gasteiger partial charge in [0.25, 0.3) is 0 Å². The van der Waals surface area contributed by atoms with E-state index in [9.17, 15) is 17.6 Å². The minimum Gasteiger partial charge on any atom is -0.354 e. The maximum absolute atomic E-state index is 13.2. The van der Waals surface area contributed by atoms with E-state index in [0.29, 0.717) is 12.1 Å². The minimum absolute atomic E-state index is 0.00231. The predicted molar refractivity (Wildman–Crippen MR) is 70.9 cm³/mol. The summed E-state index contributed by atoms with van der Waals surface area (Å²) in [7, 11) is 0. The molecule has 0 aliphatic carbocycles. The Labute approximate surface area is 122 Å². The molecule has 2 nitrogen and oxygen atoms in total. The van der Waals surface area contributed by atoms with Crippen LogP contribution in [-0.4, -0.2) is 0 Å².